The van der Waals surface area contributed by atoms with Crippen LogP contribution >= 0.6 is 0 Å². The molecule has 29 heavy (non-hydrogen) atoms. The average molecular weight is 386 g/mol. The highest BCUT2D eigenvalue weighted by molar-refractivity contribution is 6.05. The lowest BCUT2D eigenvalue weighted by Crippen LogP contribution is -2.44. The van der Waals surface area contributed by atoms with Gasteiger partial charge in [-0.25, -0.2) is 0 Å². The van der Waals surface area contributed by atoms with Gasteiger partial charge in [-0.05, 0) is 50.4 Å². The van der Waals surface area contributed by atoms with Gasteiger partial charge in [0.1, 0.15) is 0 Å². The number of hydrogen-bond acceptors (Lipinski definition) is 4. The van der Waals surface area contributed by atoms with Gasteiger partial charge < -0.3 is 15.1 Å². The monoisotopic (exact) mass is 386 g/mol. The Morgan fingerprint density at radius 3 is 2.24 bits per heavy atom. The number of nitrogens with zero attached hydrogens (tertiary/aromatic N) is 3. The molecule has 0 bridgehead atoms. The van der Waals surface area contributed by atoms with Crippen LogP contribution in [-0.2, 0) is 0 Å². The molecule has 5 heteroatoms. The summed E-state index contributed by atoms with van der Waals surface area (Å²) in [5.74, 6) is -0.137. The van der Waals surface area contributed by atoms with E-state index < -0.39 is 0 Å². The van der Waals surface area contributed by atoms with Gasteiger partial charge in [0, 0.05) is 43.1 Å². The zero-order chi connectivity index (χ0) is 20.2. The number of benzene rings is 2. The minimum atomic E-state index is -0.137. The first-order valence-corrected chi connectivity index (χ1v) is 9.98. The molecule has 3 aromatic rings. The van der Waals surface area contributed by atoms with Crippen molar-refractivity contribution >= 4 is 17.3 Å². The van der Waals surface area contributed by atoms with E-state index in [1.807, 2.05) is 61.5 Å². The van der Waals surface area contributed by atoms with Crippen molar-refractivity contribution in [1.82, 2.24) is 9.88 Å². The van der Waals surface area contributed by atoms with E-state index in [-0.39, 0.29) is 5.91 Å². The Kier molecular flexibility index (Phi) is 5.58. The summed E-state index contributed by atoms with van der Waals surface area (Å²) in [4.78, 5) is 22.1. The van der Waals surface area contributed by atoms with Gasteiger partial charge in [0.05, 0.1) is 17.0 Å². The predicted octanol–water partition coefficient (Wildman–Crippen LogP) is 4.06. The first-order valence-electron chi connectivity index (χ1n) is 9.98. The first-order chi connectivity index (χ1) is 14.1. The van der Waals surface area contributed by atoms with Crippen LogP contribution in [0.3, 0.4) is 0 Å². The van der Waals surface area contributed by atoms with Crippen molar-refractivity contribution < 1.29 is 4.79 Å². The van der Waals surface area contributed by atoms with Crippen LogP contribution in [0.4, 0.5) is 11.4 Å². The highest BCUT2D eigenvalue weighted by atomic mass is 16.1. The number of amides is 1. The molecule has 0 unspecified atom stereocenters. The lowest BCUT2D eigenvalue weighted by Gasteiger charge is -2.34. The zero-order valence-electron chi connectivity index (χ0n) is 16.9. The second kappa shape index (κ2) is 8.45. The molecule has 1 amide bonds. The van der Waals surface area contributed by atoms with E-state index in [4.69, 9.17) is 0 Å². The van der Waals surface area contributed by atoms with Gasteiger partial charge in [-0.3, -0.25) is 9.78 Å². The van der Waals surface area contributed by atoms with Crippen molar-refractivity contribution in [2.45, 2.75) is 6.92 Å². The summed E-state index contributed by atoms with van der Waals surface area (Å²) in [6.45, 7) is 6.08. The molecule has 1 saturated heterocycles. The summed E-state index contributed by atoms with van der Waals surface area (Å²) in [5, 5.41) is 2.99. The second-order valence-electron chi connectivity index (χ2n) is 7.49. The third-order valence-corrected chi connectivity index (χ3v) is 5.39. The van der Waals surface area contributed by atoms with Crippen molar-refractivity contribution in [2.24, 2.45) is 0 Å². The molecular formula is C24H26N4O. The number of aromatic nitrogens is 1. The van der Waals surface area contributed by atoms with Crippen molar-refractivity contribution in [3.8, 4) is 11.3 Å². The van der Waals surface area contributed by atoms with E-state index in [9.17, 15) is 4.79 Å². The smallest absolute Gasteiger partial charge is 0.257 e. The minimum Gasteiger partial charge on any atom is -0.369 e. The van der Waals surface area contributed by atoms with Crippen molar-refractivity contribution in [1.29, 1.82) is 0 Å². The van der Waals surface area contributed by atoms with Gasteiger partial charge >= 0.3 is 0 Å². The Morgan fingerprint density at radius 2 is 1.59 bits per heavy atom. The summed E-state index contributed by atoms with van der Waals surface area (Å²) < 4.78 is 0. The molecule has 0 saturated carbocycles. The van der Waals surface area contributed by atoms with E-state index in [1.165, 1.54) is 5.69 Å². The Labute approximate surface area is 172 Å². The molecule has 1 aliphatic rings. The lowest BCUT2D eigenvalue weighted by molar-refractivity contribution is 0.102. The highest BCUT2D eigenvalue weighted by Gasteiger charge is 2.15. The number of nitrogens with one attached hydrogen (secondary N) is 1. The number of carbonyl (C=O) groups is 1. The predicted molar refractivity (Wildman–Crippen MR) is 119 cm³/mol. The normalized spacial score (nSPS) is 14.6. The van der Waals surface area contributed by atoms with Gasteiger partial charge in [0.25, 0.3) is 5.91 Å². The van der Waals surface area contributed by atoms with E-state index in [0.717, 1.165) is 48.8 Å². The van der Waals surface area contributed by atoms with E-state index in [1.54, 1.807) is 0 Å². The van der Waals surface area contributed by atoms with Crippen LogP contribution in [0.25, 0.3) is 11.3 Å². The topological polar surface area (TPSA) is 48.5 Å². The molecule has 1 aromatic heterocycles. The highest BCUT2D eigenvalue weighted by Crippen LogP contribution is 2.22. The maximum atomic E-state index is 12.7. The molecule has 1 aliphatic heterocycles. The Hall–Kier alpha value is -3.18. The van der Waals surface area contributed by atoms with Crippen LogP contribution in [0.15, 0.2) is 66.7 Å². The molecule has 0 radical (unpaired) electrons. The fraction of sp³-hybridized carbons (Fsp3) is 0.250. The van der Waals surface area contributed by atoms with Crippen LogP contribution < -0.4 is 10.2 Å². The number of hydrogen-bond donors (Lipinski definition) is 1. The van der Waals surface area contributed by atoms with Gasteiger partial charge in [0.15, 0.2) is 0 Å². The number of aryl methyl sites for hydroxylation is 1. The number of likely N-dealkylation sites (N-methyl/N-ethyl adjacent to an activating group) is 1. The van der Waals surface area contributed by atoms with Crippen LogP contribution in [0, 0.1) is 6.92 Å². The SMILES string of the molecule is Cc1nc(-c2ccccc2)ccc1C(=O)Nc1ccc(N2CCN(C)CC2)cc1. The maximum Gasteiger partial charge on any atom is 0.257 e. The molecule has 0 spiro atoms. The number of carbonyl (C=O) groups excluding carboxylic acids is 1. The third kappa shape index (κ3) is 4.46. The molecule has 4 rings (SSSR count). The maximum absolute atomic E-state index is 12.7. The summed E-state index contributed by atoms with van der Waals surface area (Å²) in [5.41, 5.74) is 5.21. The molecule has 1 N–H and O–H groups in total. The molecule has 0 aliphatic carbocycles. The van der Waals surface area contributed by atoms with Crippen molar-refractivity contribution in [2.75, 3.05) is 43.4 Å². The number of anilines is 2. The summed E-state index contributed by atoms with van der Waals surface area (Å²) in [6.07, 6.45) is 0. The number of pyridine rings is 1. The quantitative estimate of drug-likeness (QED) is 0.735. The van der Waals surface area contributed by atoms with Gasteiger partial charge in [-0.15, -0.1) is 0 Å². The lowest BCUT2D eigenvalue weighted by atomic mass is 10.1. The average Bonchev–Trinajstić information content (AvgIpc) is 2.75. The molecule has 2 aromatic carbocycles. The standard InChI is InChI=1S/C24H26N4O/c1-18-22(12-13-23(25-18)19-6-4-3-5-7-19)24(29)26-20-8-10-21(11-9-20)28-16-14-27(2)15-17-28/h3-13H,14-17H2,1-2H3,(H,26,29). The Balaban J connectivity index is 1.44. The van der Waals surface area contributed by atoms with Crippen LogP contribution in [0.1, 0.15) is 16.1 Å². The summed E-state index contributed by atoms with van der Waals surface area (Å²) >= 11 is 0. The van der Waals surface area contributed by atoms with E-state index in [0.29, 0.717) is 5.56 Å². The molecule has 148 valence electrons. The van der Waals surface area contributed by atoms with E-state index in [2.05, 4.69) is 39.3 Å². The van der Waals surface area contributed by atoms with Crippen LogP contribution in [0.5, 0.6) is 0 Å². The minimum absolute atomic E-state index is 0.137. The summed E-state index contributed by atoms with van der Waals surface area (Å²) in [6, 6.07) is 21.8. The van der Waals surface area contributed by atoms with Gasteiger partial charge in [0.2, 0.25) is 0 Å². The molecule has 5 nitrogen and oxygen atoms in total. The summed E-state index contributed by atoms with van der Waals surface area (Å²) in [7, 11) is 2.15. The number of piperazine rings is 1. The van der Waals surface area contributed by atoms with E-state index >= 15 is 0 Å². The van der Waals surface area contributed by atoms with Crippen molar-refractivity contribution in [3.63, 3.8) is 0 Å². The molecular weight excluding hydrogens is 360 g/mol. The largest absolute Gasteiger partial charge is 0.369 e. The first kappa shape index (κ1) is 19.2. The Bertz CT molecular complexity index is 978. The molecule has 1 fully saturated rings. The Morgan fingerprint density at radius 1 is 0.897 bits per heavy atom. The van der Waals surface area contributed by atoms with Crippen LogP contribution in [-0.4, -0.2) is 49.0 Å². The molecule has 2 heterocycles. The fourth-order valence-electron chi connectivity index (χ4n) is 3.59. The van der Waals surface area contributed by atoms with Gasteiger partial charge in [-0.1, -0.05) is 30.3 Å². The molecule has 0 atom stereocenters. The van der Waals surface area contributed by atoms with Gasteiger partial charge in [-0.2, -0.15) is 0 Å². The third-order valence-electron chi connectivity index (χ3n) is 5.39. The second-order valence-corrected chi connectivity index (χ2v) is 7.49. The zero-order valence-corrected chi connectivity index (χ0v) is 16.9. The number of rotatable bonds is 4. The van der Waals surface area contributed by atoms with Crippen LogP contribution in [0.2, 0.25) is 0 Å². The fourth-order valence-corrected chi connectivity index (χ4v) is 3.59. The van der Waals surface area contributed by atoms with Crippen molar-refractivity contribution in [3.05, 3.63) is 78.0 Å².